The van der Waals surface area contributed by atoms with Crippen molar-refractivity contribution in [2.75, 3.05) is 7.11 Å². The molecule has 0 bridgehead atoms. The molecule has 0 saturated heterocycles. The number of carboxylic acid groups (broad SMARTS) is 1. The predicted octanol–water partition coefficient (Wildman–Crippen LogP) is 4.39. The van der Waals surface area contributed by atoms with Crippen molar-refractivity contribution in [2.24, 2.45) is 4.99 Å². The molecule has 3 rings (SSSR count). The van der Waals surface area contributed by atoms with E-state index in [2.05, 4.69) is 9.73 Å². The van der Waals surface area contributed by atoms with Crippen LogP contribution >= 0.6 is 0 Å². The quantitative estimate of drug-likeness (QED) is 0.671. The smallest absolute Gasteiger partial charge is 0.497 e. The Bertz CT molecular complexity index is 798. The molecule has 2 aromatic rings. The summed E-state index contributed by atoms with van der Waals surface area (Å²) in [5.74, 6) is 2.06. The fourth-order valence-corrected chi connectivity index (χ4v) is 2.38. The van der Waals surface area contributed by atoms with E-state index >= 15 is 0 Å². The Labute approximate surface area is 132 Å². The van der Waals surface area contributed by atoms with Crippen LogP contribution in [0.2, 0.25) is 0 Å². The number of benzene rings is 2. The molecule has 23 heavy (non-hydrogen) atoms. The molecule has 1 aliphatic rings. The lowest BCUT2D eigenvalue weighted by atomic mass is 10.1. The van der Waals surface area contributed by atoms with Gasteiger partial charge in [0.2, 0.25) is 0 Å². The van der Waals surface area contributed by atoms with Crippen molar-refractivity contribution in [2.45, 2.75) is 13.3 Å². The molecule has 0 unspecified atom stereocenters. The van der Waals surface area contributed by atoms with E-state index in [1.807, 2.05) is 19.1 Å². The van der Waals surface area contributed by atoms with Crippen LogP contribution in [0.25, 0.3) is 0 Å². The fourth-order valence-electron chi connectivity index (χ4n) is 2.38. The maximum Gasteiger partial charge on any atom is 0.511 e. The van der Waals surface area contributed by atoms with Crippen molar-refractivity contribution < 1.29 is 24.1 Å². The predicted molar refractivity (Wildman–Crippen MR) is 84.7 cm³/mol. The molecule has 1 heterocycles. The van der Waals surface area contributed by atoms with E-state index in [9.17, 15) is 4.79 Å². The van der Waals surface area contributed by atoms with E-state index in [0.717, 1.165) is 11.3 Å². The van der Waals surface area contributed by atoms with Crippen LogP contribution < -0.4 is 14.2 Å². The lowest BCUT2D eigenvalue weighted by Gasteiger charge is -2.11. The second kappa shape index (κ2) is 6.00. The largest absolute Gasteiger partial charge is 0.511 e. The molecular formula is C17H15NO5. The van der Waals surface area contributed by atoms with Gasteiger partial charge in [-0.1, -0.05) is 6.92 Å². The first-order chi connectivity index (χ1) is 11.1. The number of carbonyl (C=O) groups is 1. The lowest BCUT2D eigenvalue weighted by molar-refractivity contribution is 0.144. The summed E-state index contributed by atoms with van der Waals surface area (Å²) in [4.78, 5) is 15.3. The molecule has 2 aromatic carbocycles. The minimum absolute atomic E-state index is 0.197. The summed E-state index contributed by atoms with van der Waals surface area (Å²) in [6.07, 6.45) is -0.668. The third-order valence-corrected chi connectivity index (χ3v) is 3.45. The summed E-state index contributed by atoms with van der Waals surface area (Å²) in [6.45, 7) is 2.00. The Balaban J connectivity index is 2.10. The summed E-state index contributed by atoms with van der Waals surface area (Å²) >= 11 is 0. The number of methoxy groups -OCH3 is 1. The fraction of sp³-hybridized carbons (Fsp3) is 0.176. The Morgan fingerprint density at radius 1 is 1.17 bits per heavy atom. The SMILES string of the molecule is CCC1=Nc2cc(OC(=O)O)ccc2Oc2cc(OC)ccc21. The van der Waals surface area contributed by atoms with Crippen molar-refractivity contribution in [1.29, 1.82) is 0 Å². The van der Waals surface area contributed by atoms with Crippen LogP contribution in [0.5, 0.6) is 23.0 Å². The second-order valence-corrected chi connectivity index (χ2v) is 4.87. The van der Waals surface area contributed by atoms with Gasteiger partial charge >= 0.3 is 6.16 Å². The van der Waals surface area contributed by atoms with Crippen LogP contribution in [0.15, 0.2) is 41.4 Å². The molecule has 0 amide bonds. The van der Waals surface area contributed by atoms with Crippen LogP contribution in [0.1, 0.15) is 18.9 Å². The van der Waals surface area contributed by atoms with Gasteiger partial charge < -0.3 is 19.3 Å². The van der Waals surface area contributed by atoms with Crippen molar-refractivity contribution in [3.63, 3.8) is 0 Å². The number of aliphatic imine (C=N–C) groups is 1. The zero-order chi connectivity index (χ0) is 16.4. The highest BCUT2D eigenvalue weighted by molar-refractivity contribution is 6.05. The van der Waals surface area contributed by atoms with E-state index in [1.54, 1.807) is 25.3 Å². The lowest BCUT2D eigenvalue weighted by Crippen LogP contribution is -2.02. The van der Waals surface area contributed by atoms with Crippen molar-refractivity contribution in [3.05, 3.63) is 42.0 Å². The molecule has 0 atom stereocenters. The molecule has 6 heteroatoms. The maximum atomic E-state index is 10.7. The van der Waals surface area contributed by atoms with Gasteiger partial charge in [0.1, 0.15) is 22.9 Å². The molecule has 0 radical (unpaired) electrons. The summed E-state index contributed by atoms with van der Waals surface area (Å²) in [5, 5.41) is 8.72. The number of rotatable bonds is 3. The second-order valence-electron chi connectivity index (χ2n) is 4.87. The summed E-state index contributed by atoms with van der Waals surface area (Å²) in [7, 11) is 1.59. The summed E-state index contributed by atoms with van der Waals surface area (Å²) < 4.78 is 15.9. The topological polar surface area (TPSA) is 77.4 Å². The first-order valence-electron chi connectivity index (χ1n) is 7.09. The highest BCUT2D eigenvalue weighted by Crippen LogP contribution is 2.41. The van der Waals surface area contributed by atoms with Gasteiger partial charge in [-0.15, -0.1) is 0 Å². The van der Waals surface area contributed by atoms with Crippen LogP contribution in [-0.2, 0) is 0 Å². The summed E-state index contributed by atoms with van der Waals surface area (Å²) in [5.41, 5.74) is 2.25. The number of nitrogens with zero attached hydrogens (tertiary/aromatic N) is 1. The molecule has 1 aliphatic heterocycles. The normalized spacial score (nSPS) is 12.2. The van der Waals surface area contributed by atoms with E-state index in [0.29, 0.717) is 29.4 Å². The van der Waals surface area contributed by atoms with Gasteiger partial charge in [-0.2, -0.15) is 0 Å². The zero-order valence-electron chi connectivity index (χ0n) is 12.7. The zero-order valence-corrected chi connectivity index (χ0v) is 12.7. The number of fused-ring (bicyclic) bond motifs is 2. The highest BCUT2D eigenvalue weighted by atomic mass is 16.7. The molecule has 118 valence electrons. The molecule has 1 N–H and O–H groups in total. The monoisotopic (exact) mass is 313 g/mol. The third kappa shape index (κ3) is 2.96. The standard InChI is InChI=1S/C17H15NO5/c1-3-13-12-6-4-10(21-2)9-16(12)23-15-7-5-11(22-17(19)20)8-14(15)18-13/h4-9H,3H2,1-2H3,(H,19,20). The molecule has 0 aromatic heterocycles. The van der Waals surface area contributed by atoms with Gasteiger partial charge in [-0.05, 0) is 30.7 Å². The Kier molecular flexibility index (Phi) is 3.89. The van der Waals surface area contributed by atoms with Gasteiger partial charge in [-0.3, -0.25) is 0 Å². The Morgan fingerprint density at radius 2 is 1.96 bits per heavy atom. The Hall–Kier alpha value is -3.02. The molecule has 0 aliphatic carbocycles. The van der Waals surface area contributed by atoms with E-state index in [-0.39, 0.29) is 5.75 Å². The number of hydrogen-bond acceptors (Lipinski definition) is 5. The summed E-state index contributed by atoms with van der Waals surface area (Å²) in [6, 6.07) is 10.3. The molecule has 0 spiro atoms. The van der Waals surface area contributed by atoms with Gasteiger partial charge in [-0.25, -0.2) is 9.79 Å². The first kappa shape index (κ1) is 14.9. The van der Waals surface area contributed by atoms with Crippen molar-refractivity contribution in [3.8, 4) is 23.0 Å². The molecular weight excluding hydrogens is 298 g/mol. The maximum absolute atomic E-state index is 10.7. The van der Waals surface area contributed by atoms with Crippen LogP contribution in [-0.4, -0.2) is 24.1 Å². The third-order valence-electron chi connectivity index (χ3n) is 3.45. The van der Waals surface area contributed by atoms with E-state index in [1.165, 1.54) is 6.07 Å². The highest BCUT2D eigenvalue weighted by Gasteiger charge is 2.19. The minimum Gasteiger partial charge on any atom is -0.497 e. The molecule has 0 fully saturated rings. The minimum atomic E-state index is -1.37. The van der Waals surface area contributed by atoms with E-state index < -0.39 is 6.16 Å². The molecule has 0 saturated carbocycles. The average Bonchev–Trinajstić information content (AvgIpc) is 2.69. The molecule has 6 nitrogen and oxygen atoms in total. The van der Waals surface area contributed by atoms with Gasteiger partial charge in [0.15, 0.2) is 5.75 Å². The average molecular weight is 313 g/mol. The number of ether oxygens (including phenoxy) is 3. The van der Waals surface area contributed by atoms with Crippen LogP contribution in [0.4, 0.5) is 10.5 Å². The van der Waals surface area contributed by atoms with Crippen LogP contribution in [0.3, 0.4) is 0 Å². The van der Waals surface area contributed by atoms with Crippen LogP contribution in [0, 0.1) is 0 Å². The van der Waals surface area contributed by atoms with Gasteiger partial charge in [0.05, 0.1) is 12.8 Å². The van der Waals surface area contributed by atoms with E-state index in [4.69, 9.17) is 14.6 Å². The Morgan fingerprint density at radius 3 is 2.65 bits per heavy atom. The van der Waals surface area contributed by atoms with Crippen molar-refractivity contribution in [1.82, 2.24) is 0 Å². The van der Waals surface area contributed by atoms with Gasteiger partial charge in [0.25, 0.3) is 0 Å². The first-order valence-corrected chi connectivity index (χ1v) is 7.09. The van der Waals surface area contributed by atoms with Crippen molar-refractivity contribution >= 4 is 17.6 Å². The number of hydrogen-bond donors (Lipinski definition) is 1. The van der Waals surface area contributed by atoms with Gasteiger partial charge in [0, 0.05) is 17.7 Å².